The number of nitrogens with one attached hydrogen (secondary N) is 1. The first-order chi connectivity index (χ1) is 9.90. The topological polar surface area (TPSA) is 50.8 Å². The summed E-state index contributed by atoms with van der Waals surface area (Å²) in [5, 5.41) is 3.11. The molecule has 5 nitrogen and oxygen atoms in total. The van der Waals surface area contributed by atoms with E-state index in [4.69, 9.17) is 9.47 Å². The van der Waals surface area contributed by atoms with Crippen molar-refractivity contribution in [3.8, 4) is 0 Å². The number of nitrogens with zero attached hydrogens (tertiary/aromatic N) is 1. The lowest BCUT2D eigenvalue weighted by atomic mass is 9.90. The molecule has 122 valence electrons. The molecule has 5 heteroatoms. The molecule has 21 heavy (non-hydrogen) atoms. The van der Waals surface area contributed by atoms with Gasteiger partial charge in [-0.1, -0.05) is 13.8 Å². The Morgan fingerprint density at radius 1 is 1.33 bits per heavy atom. The van der Waals surface area contributed by atoms with E-state index in [9.17, 15) is 4.79 Å². The number of likely N-dealkylation sites (tertiary alicyclic amines) is 1. The predicted octanol–water partition coefficient (Wildman–Crippen LogP) is 2.61. The number of amides is 2. The number of hydrogen-bond donors (Lipinski definition) is 1. The number of urea groups is 1. The summed E-state index contributed by atoms with van der Waals surface area (Å²) in [5.74, 6) is 0.344. The number of carbonyl (C=O) groups is 1. The van der Waals surface area contributed by atoms with Crippen LogP contribution in [0.1, 0.15) is 47.0 Å². The third-order valence-electron chi connectivity index (χ3n) is 4.51. The smallest absolute Gasteiger partial charge is 0.317 e. The number of rotatable bonds is 4. The van der Waals surface area contributed by atoms with E-state index < -0.39 is 5.79 Å². The molecule has 0 aromatic carbocycles. The normalized spacial score (nSPS) is 26.9. The summed E-state index contributed by atoms with van der Waals surface area (Å²) in [6.07, 6.45) is 3.08. The van der Waals surface area contributed by atoms with Crippen LogP contribution in [0.3, 0.4) is 0 Å². The maximum absolute atomic E-state index is 12.4. The fourth-order valence-electron chi connectivity index (χ4n) is 3.42. The molecule has 2 saturated heterocycles. The van der Waals surface area contributed by atoms with Crippen LogP contribution in [0.4, 0.5) is 4.79 Å². The molecule has 0 unspecified atom stereocenters. The van der Waals surface area contributed by atoms with Crippen LogP contribution in [0.2, 0.25) is 0 Å². The molecule has 2 heterocycles. The first-order valence-corrected chi connectivity index (χ1v) is 8.24. The zero-order valence-corrected chi connectivity index (χ0v) is 13.9. The van der Waals surface area contributed by atoms with Crippen LogP contribution >= 0.6 is 0 Å². The lowest BCUT2D eigenvalue weighted by Gasteiger charge is -2.40. The molecule has 0 bridgehead atoms. The second-order valence-corrected chi connectivity index (χ2v) is 6.98. The molecular weight excluding hydrogens is 268 g/mol. The van der Waals surface area contributed by atoms with Gasteiger partial charge in [-0.05, 0) is 39.0 Å². The molecule has 2 aliphatic heterocycles. The van der Waals surface area contributed by atoms with Gasteiger partial charge in [0.1, 0.15) is 0 Å². The molecule has 2 fully saturated rings. The minimum absolute atomic E-state index is 0.0504. The maximum Gasteiger partial charge on any atom is 0.317 e. The van der Waals surface area contributed by atoms with E-state index in [-0.39, 0.29) is 18.0 Å². The van der Waals surface area contributed by atoms with Gasteiger partial charge >= 0.3 is 6.03 Å². The van der Waals surface area contributed by atoms with Gasteiger partial charge in [-0.2, -0.15) is 0 Å². The fraction of sp³-hybridized carbons (Fsp3) is 0.938. The Morgan fingerprint density at radius 3 is 2.62 bits per heavy atom. The van der Waals surface area contributed by atoms with Gasteiger partial charge in [0, 0.05) is 25.0 Å². The lowest BCUT2D eigenvalue weighted by molar-refractivity contribution is -0.189. The molecule has 0 saturated carbocycles. The molecule has 0 aliphatic carbocycles. The molecule has 2 rings (SSSR count). The zero-order chi connectivity index (χ0) is 15.5. The number of hydrogen-bond acceptors (Lipinski definition) is 3. The second-order valence-electron chi connectivity index (χ2n) is 6.98. The van der Waals surface area contributed by atoms with Gasteiger partial charge in [-0.3, -0.25) is 0 Å². The van der Waals surface area contributed by atoms with Crippen molar-refractivity contribution in [1.82, 2.24) is 10.2 Å². The van der Waals surface area contributed by atoms with E-state index in [2.05, 4.69) is 26.1 Å². The van der Waals surface area contributed by atoms with Crippen LogP contribution in [0, 0.1) is 11.8 Å². The standard InChI is InChI=1S/C16H30N2O3/c1-12(2)10-13(3)17-15(19)18-7-5-6-14(11-18)16(4)20-8-9-21-16/h12-14H,5-11H2,1-4H3,(H,17,19)/t13-,14+/m1/s1. The highest BCUT2D eigenvalue weighted by Crippen LogP contribution is 2.34. The van der Waals surface area contributed by atoms with Crippen molar-refractivity contribution in [2.75, 3.05) is 26.3 Å². The van der Waals surface area contributed by atoms with E-state index in [0.29, 0.717) is 19.1 Å². The monoisotopic (exact) mass is 298 g/mol. The quantitative estimate of drug-likeness (QED) is 0.868. The first kappa shape index (κ1) is 16.6. The fourth-order valence-corrected chi connectivity index (χ4v) is 3.42. The van der Waals surface area contributed by atoms with Gasteiger partial charge < -0.3 is 19.7 Å². The van der Waals surface area contributed by atoms with Crippen molar-refractivity contribution in [2.45, 2.75) is 58.8 Å². The van der Waals surface area contributed by atoms with Crippen molar-refractivity contribution in [2.24, 2.45) is 11.8 Å². The summed E-state index contributed by atoms with van der Waals surface area (Å²) in [5.41, 5.74) is 0. The van der Waals surface area contributed by atoms with Gasteiger partial charge in [0.2, 0.25) is 0 Å². The third-order valence-corrected chi connectivity index (χ3v) is 4.51. The second kappa shape index (κ2) is 6.97. The van der Waals surface area contributed by atoms with Gasteiger partial charge in [0.15, 0.2) is 5.79 Å². The molecule has 1 N–H and O–H groups in total. The van der Waals surface area contributed by atoms with Crippen LogP contribution in [0.15, 0.2) is 0 Å². The summed E-state index contributed by atoms with van der Waals surface area (Å²) in [4.78, 5) is 14.3. The SMILES string of the molecule is CC(C)C[C@@H](C)NC(=O)N1CCC[C@H](C2(C)OCCO2)C1. The molecular formula is C16H30N2O3. The largest absolute Gasteiger partial charge is 0.347 e. The van der Waals surface area contributed by atoms with Crippen LogP contribution in [-0.4, -0.2) is 49.1 Å². The number of piperidine rings is 1. The highest BCUT2D eigenvalue weighted by atomic mass is 16.7. The Bertz CT molecular complexity index is 353. The average molecular weight is 298 g/mol. The summed E-state index contributed by atoms with van der Waals surface area (Å²) in [7, 11) is 0. The molecule has 2 amide bonds. The van der Waals surface area contributed by atoms with Crippen molar-refractivity contribution in [1.29, 1.82) is 0 Å². The third kappa shape index (κ3) is 4.33. The van der Waals surface area contributed by atoms with E-state index >= 15 is 0 Å². The maximum atomic E-state index is 12.4. The van der Waals surface area contributed by atoms with E-state index in [1.54, 1.807) is 0 Å². The molecule has 0 spiro atoms. The minimum Gasteiger partial charge on any atom is -0.347 e. The van der Waals surface area contributed by atoms with Gasteiger partial charge in [0.25, 0.3) is 0 Å². The van der Waals surface area contributed by atoms with Gasteiger partial charge in [0.05, 0.1) is 13.2 Å². The zero-order valence-electron chi connectivity index (χ0n) is 13.9. The Kier molecular flexibility index (Phi) is 5.49. The van der Waals surface area contributed by atoms with Crippen molar-refractivity contribution < 1.29 is 14.3 Å². The Labute approximate surface area is 128 Å². The van der Waals surface area contributed by atoms with Gasteiger partial charge in [-0.25, -0.2) is 4.79 Å². The minimum atomic E-state index is -0.511. The van der Waals surface area contributed by atoms with Crippen molar-refractivity contribution in [3.05, 3.63) is 0 Å². The number of ether oxygens (including phenoxy) is 2. The summed E-state index contributed by atoms with van der Waals surface area (Å²) in [6, 6.07) is 0.266. The molecule has 0 aromatic rings. The highest BCUT2D eigenvalue weighted by molar-refractivity contribution is 5.74. The summed E-state index contributed by atoms with van der Waals surface area (Å²) >= 11 is 0. The van der Waals surface area contributed by atoms with E-state index in [1.165, 1.54) is 0 Å². The van der Waals surface area contributed by atoms with Crippen LogP contribution in [-0.2, 0) is 9.47 Å². The molecule has 2 atom stereocenters. The summed E-state index contributed by atoms with van der Waals surface area (Å²) < 4.78 is 11.5. The van der Waals surface area contributed by atoms with Crippen LogP contribution in [0.5, 0.6) is 0 Å². The Balaban J connectivity index is 1.87. The Morgan fingerprint density at radius 2 is 2.00 bits per heavy atom. The highest BCUT2D eigenvalue weighted by Gasteiger charge is 2.42. The summed E-state index contributed by atoms with van der Waals surface area (Å²) in [6.45, 7) is 11.3. The molecule has 0 aromatic heterocycles. The van der Waals surface area contributed by atoms with Crippen LogP contribution in [0.25, 0.3) is 0 Å². The molecule has 0 radical (unpaired) electrons. The van der Waals surface area contributed by atoms with E-state index in [1.807, 2.05) is 11.8 Å². The van der Waals surface area contributed by atoms with E-state index in [0.717, 1.165) is 32.4 Å². The predicted molar refractivity (Wildman–Crippen MR) is 82.1 cm³/mol. The van der Waals surface area contributed by atoms with Crippen molar-refractivity contribution >= 4 is 6.03 Å². The Hall–Kier alpha value is -0.810. The van der Waals surface area contributed by atoms with Crippen LogP contribution < -0.4 is 5.32 Å². The lowest BCUT2D eigenvalue weighted by Crippen LogP contribution is -2.52. The average Bonchev–Trinajstić information content (AvgIpc) is 2.86. The molecule has 2 aliphatic rings. The first-order valence-electron chi connectivity index (χ1n) is 8.24. The van der Waals surface area contributed by atoms with Crippen molar-refractivity contribution in [3.63, 3.8) is 0 Å². The van der Waals surface area contributed by atoms with Gasteiger partial charge in [-0.15, -0.1) is 0 Å². The number of carbonyl (C=O) groups excluding carboxylic acids is 1.